The number of nitrogens with zero attached hydrogens (tertiary/aromatic N) is 1. The lowest BCUT2D eigenvalue weighted by atomic mass is 10.1. The quantitative estimate of drug-likeness (QED) is 0.372. The van der Waals surface area contributed by atoms with Gasteiger partial charge in [0.1, 0.15) is 5.56 Å². The highest BCUT2D eigenvalue weighted by molar-refractivity contribution is 6.22. The summed E-state index contributed by atoms with van der Waals surface area (Å²) in [7, 11) is 0. The topological polar surface area (TPSA) is 57.7 Å². The minimum absolute atomic E-state index is 0.219. The average Bonchev–Trinajstić information content (AvgIpc) is 2.45. The highest BCUT2D eigenvalue weighted by Crippen LogP contribution is 2.48. The molecule has 0 aliphatic heterocycles. The number of hydrogen-bond donors (Lipinski definition) is 0. The molecule has 0 atom stereocenters. The van der Waals surface area contributed by atoms with Crippen LogP contribution in [0, 0.1) is 0 Å². The largest absolute Gasteiger partial charge is 0.488 e. The van der Waals surface area contributed by atoms with Crippen LogP contribution < -0.4 is 9.47 Å². The molecule has 0 radical (unpaired) electrons. The summed E-state index contributed by atoms with van der Waals surface area (Å²) in [5, 5.41) is -4.30. The van der Waals surface area contributed by atoms with Crippen LogP contribution in [0.3, 0.4) is 0 Å². The second-order valence-electron chi connectivity index (χ2n) is 5.16. The van der Waals surface area contributed by atoms with E-state index in [0.717, 1.165) is 0 Å². The predicted octanol–water partition coefficient (Wildman–Crippen LogP) is 4.75. The van der Waals surface area contributed by atoms with Gasteiger partial charge >= 0.3 is 17.5 Å². The third-order valence-electron chi connectivity index (χ3n) is 2.77. The van der Waals surface area contributed by atoms with Crippen LogP contribution in [0.2, 0.25) is 0 Å². The van der Waals surface area contributed by atoms with E-state index in [9.17, 15) is 26.7 Å². The van der Waals surface area contributed by atoms with Crippen LogP contribution in [0.1, 0.15) is 49.4 Å². The van der Waals surface area contributed by atoms with Gasteiger partial charge < -0.3 is 14.2 Å². The van der Waals surface area contributed by atoms with E-state index in [1.165, 1.54) is 27.7 Å². The number of ether oxygens (including phenoxy) is 3. The lowest BCUT2D eigenvalue weighted by molar-refractivity contribution is -0.142. The van der Waals surface area contributed by atoms with Gasteiger partial charge in [0.05, 0.1) is 19.3 Å². The zero-order valence-electron chi connectivity index (χ0n) is 14.3. The highest BCUT2D eigenvalue weighted by Gasteiger charge is 2.46. The molecular weight excluding hydrogens is 389 g/mol. The van der Waals surface area contributed by atoms with Crippen LogP contribution in [0.15, 0.2) is 0 Å². The molecule has 26 heavy (non-hydrogen) atoms. The SMILES string of the molecule is CCOC(=O)c1c(C(F)(F)F)nc(C(F)(F)Cl)c(OCC)c1OC(C)C. The van der Waals surface area contributed by atoms with Gasteiger partial charge in [-0.15, -0.1) is 0 Å². The molecule has 0 saturated carbocycles. The first-order valence-electron chi connectivity index (χ1n) is 7.53. The van der Waals surface area contributed by atoms with Crippen molar-refractivity contribution >= 4 is 17.6 Å². The Labute approximate surface area is 151 Å². The maximum atomic E-state index is 13.7. The second kappa shape index (κ2) is 8.24. The molecule has 11 heteroatoms. The van der Waals surface area contributed by atoms with E-state index in [0.29, 0.717) is 0 Å². The number of esters is 1. The minimum atomic E-state index is -5.25. The zero-order chi connectivity index (χ0) is 20.3. The summed E-state index contributed by atoms with van der Waals surface area (Å²) in [6.07, 6.45) is -6.03. The van der Waals surface area contributed by atoms with Gasteiger partial charge in [-0.3, -0.25) is 0 Å². The van der Waals surface area contributed by atoms with Gasteiger partial charge in [0.25, 0.3) is 0 Å². The van der Waals surface area contributed by atoms with Gasteiger partial charge in [0, 0.05) is 0 Å². The molecule has 0 amide bonds. The van der Waals surface area contributed by atoms with E-state index in [1.54, 1.807) is 0 Å². The van der Waals surface area contributed by atoms with E-state index in [1.807, 2.05) is 0 Å². The molecule has 5 nitrogen and oxygen atoms in total. The average molecular weight is 406 g/mol. The lowest BCUT2D eigenvalue weighted by Crippen LogP contribution is -2.24. The predicted molar refractivity (Wildman–Crippen MR) is 81.9 cm³/mol. The number of carbonyl (C=O) groups is 1. The van der Waals surface area contributed by atoms with Gasteiger partial charge in [0.2, 0.25) is 0 Å². The molecule has 0 saturated heterocycles. The fourth-order valence-corrected chi connectivity index (χ4v) is 2.09. The number of halogens is 6. The van der Waals surface area contributed by atoms with E-state index in [4.69, 9.17) is 21.1 Å². The Kier molecular flexibility index (Phi) is 7.03. The first kappa shape index (κ1) is 22.2. The Hall–Kier alpha value is -1.84. The van der Waals surface area contributed by atoms with Gasteiger partial charge in [-0.1, -0.05) is 0 Å². The van der Waals surface area contributed by atoms with E-state index < -0.39 is 52.1 Å². The molecule has 0 aliphatic carbocycles. The molecule has 1 rings (SSSR count). The van der Waals surface area contributed by atoms with Gasteiger partial charge in [0.15, 0.2) is 22.9 Å². The summed E-state index contributed by atoms with van der Waals surface area (Å²) in [6, 6.07) is 0. The first-order valence-corrected chi connectivity index (χ1v) is 7.91. The minimum Gasteiger partial charge on any atom is -0.488 e. The van der Waals surface area contributed by atoms with Crippen molar-refractivity contribution in [2.75, 3.05) is 13.2 Å². The summed E-state index contributed by atoms with van der Waals surface area (Å²) in [4.78, 5) is 15.0. The van der Waals surface area contributed by atoms with Crippen LogP contribution in [-0.2, 0) is 16.3 Å². The summed E-state index contributed by atoms with van der Waals surface area (Å²) in [6.45, 7) is 5.15. The molecular formula is C15H17ClF5NO4. The number of carbonyl (C=O) groups excluding carboxylic acids is 1. The van der Waals surface area contributed by atoms with E-state index in [-0.39, 0.29) is 13.2 Å². The molecule has 1 aromatic rings. The van der Waals surface area contributed by atoms with Crippen LogP contribution in [-0.4, -0.2) is 30.3 Å². The van der Waals surface area contributed by atoms with Crippen molar-refractivity contribution < 1.29 is 41.0 Å². The third kappa shape index (κ3) is 5.09. The van der Waals surface area contributed by atoms with Crippen LogP contribution in [0.4, 0.5) is 22.0 Å². The second-order valence-corrected chi connectivity index (χ2v) is 5.63. The highest BCUT2D eigenvalue weighted by atomic mass is 35.5. The standard InChI is InChI=1S/C15H17ClF5NO4/c1-5-24-10-9(26-7(3)4)8(13(23)25-6-2)11(15(19,20)21)22-12(10)14(16,17)18/h7H,5-6H2,1-4H3. The van der Waals surface area contributed by atoms with Crippen molar-refractivity contribution in [3.8, 4) is 11.5 Å². The van der Waals surface area contributed by atoms with Crippen LogP contribution in [0.25, 0.3) is 0 Å². The van der Waals surface area contributed by atoms with Gasteiger partial charge in [-0.05, 0) is 39.3 Å². The van der Waals surface area contributed by atoms with Gasteiger partial charge in [-0.2, -0.15) is 22.0 Å². The molecule has 0 aromatic carbocycles. The smallest absolute Gasteiger partial charge is 0.434 e. The fourth-order valence-electron chi connectivity index (χ4n) is 1.96. The van der Waals surface area contributed by atoms with Crippen molar-refractivity contribution in [1.29, 1.82) is 0 Å². The molecule has 0 spiro atoms. The number of alkyl halides is 6. The number of rotatable bonds is 7. The molecule has 0 fully saturated rings. The third-order valence-corrected chi connectivity index (χ3v) is 2.95. The maximum absolute atomic E-state index is 13.7. The monoisotopic (exact) mass is 405 g/mol. The number of hydrogen-bond acceptors (Lipinski definition) is 5. The van der Waals surface area contributed by atoms with Crippen LogP contribution in [0.5, 0.6) is 11.5 Å². The molecule has 148 valence electrons. The molecule has 0 unspecified atom stereocenters. The summed E-state index contributed by atoms with van der Waals surface area (Å²) in [5.74, 6) is -3.14. The lowest BCUT2D eigenvalue weighted by Gasteiger charge is -2.23. The Balaban J connectivity index is 3.99. The molecule has 1 aromatic heterocycles. The first-order chi connectivity index (χ1) is 11.8. The number of aromatic nitrogens is 1. The maximum Gasteiger partial charge on any atom is 0.434 e. The molecule has 0 N–H and O–H groups in total. The van der Waals surface area contributed by atoms with Crippen molar-refractivity contribution in [2.24, 2.45) is 0 Å². The summed E-state index contributed by atoms with van der Waals surface area (Å²) < 4.78 is 82.4. The zero-order valence-corrected chi connectivity index (χ0v) is 15.1. The summed E-state index contributed by atoms with van der Waals surface area (Å²) >= 11 is 4.91. The Bertz CT molecular complexity index is 659. The van der Waals surface area contributed by atoms with Crippen LogP contribution >= 0.6 is 11.6 Å². The van der Waals surface area contributed by atoms with Crippen molar-refractivity contribution in [3.05, 3.63) is 17.0 Å². The van der Waals surface area contributed by atoms with Crippen molar-refractivity contribution in [1.82, 2.24) is 4.98 Å². The van der Waals surface area contributed by atoms with Gasteiger partial charge in [-0.25, -0.2) is 9.78 Å². The van der Waals surface area contributed by atoms with Crippen molar-refractivity contribution in [2.45, 2.75) is 45.4 Å². The molecule has 1 heterocycles. The Morgan fingerprint density at radius 1 is 1.08 bits per heavy atom. The fraction of sp³-hybridized carbons (Fsp3) is 0.600. The normalized spacial score (nSPS) is 12.3. The molecule has 0 aliphatic rings. The van der Waals surface area contributed by atoms with E-state index >= 15 is 0 Å². The number of pyridine rings is 1. The Morgan fingerprint density at radius 3 is 2.04 bits per heavy atom. The van der Waals surface area contributed by atoms with E-state index in [2.05, 4.69) is 9.72 Å². The summed E-state index contributed by atoms with van der Waals surface area (Å²) in [5.41, 5.74) is -4.55. The van der Waals surface area contributed by atoms with Crippen molar-refractivity contribution in [3.63, 3.8) is 0 Å². The molecule has 0 bridgehead atoms. The Morgan fingerprint density at radius 2 is 1.65 bits per heavy atom.